The van der Waals surface area contributed by atoms with Crippen molar-refractivity contribution in [3.8, 4) is 0 Å². The van der Waals surface area contributed by atoms with Gasteiger partial charge in [-0.25, -0.2) is 0 Å². The highest BCUT2D eigenvalue weighted by atomic mass is 35.5. The summed E-state index contributed by atoms with van der Waals surface area (Å²) in [5.41, 5.74) is 3.22. The molecule has 1 spiro atoms. The van der Waals surface area contributed by atoms with Gasteiger partial charge in [-0.3, -0.25) is 4.79 Å². The molecule has 2 aliphatic heterocycles. The minimum atomic E-state index is -0.352. The number of benzene rings is 2. The third kappa shape index (κ3) is 2.96. The fourth-order valence-corrected chi connectivity index (χ4v) is 5.43. The van der Waals surface area contributed by atoms with E-state index in [-0.39, 0.29) is 11.3 Å². The molecule has 3 aliphatic rings. The van der Waals surface area contributed by atoms with Gasteiger partial charge in [0.15, 0.2) is 0 Å². The Morgan fingerprint density at radius 1 is 0.964 bits per heavy atom. The molecule has 0 radical (unpaired) electrons. The van der Waals surface area contributed by atoms with Crippen LogP contribution in [-0.4, -0.2) is 37.0 Å². The van der Waals surface area contributed by atoms with E-state index in [1.54, 1.807) is 0 Å². The Kier molecular flexibility index (Phi) is 4.68. The molecule has 1 saturated carbocycles. The van der Waals surface area contributed by atoms with Crippen LogP contribution in [-0.2, 0) is 10.2 Å². The molecular formula is C24H27ClN2O. The lowest BCUT2D eigenvalue weighted by atomic mass is 9.92. The molecule has 2 aromatic carbocycles. The van der Waals surface area contributed by atoms with Gasteiger partial charge in [0, 0.05) is 23.2 Å². The quantitative estimate of drug-likeness (QED) is 0.713. The van der Waals surface area contributed by atoms with Gasteiger partial charge in [0.25, 0.3) is 0 Å². The first-order valence-electron chi connectivity index (χ1n) is 10.6. The van der Waals surface area contributed by atoms with Crippen LogP contribution in [0.2, 0.25) is 5.02 Å². The Balaban J connectivity index is 1.35. The van der Waals surface area contributed by atoms with Crippen LogP contribution < -0.4 is 4.90 Å². The average Bonchev–Trinajstić information content (AvgIpc) is 3.44. The molecule has 2 fully saturated rings. The third-order valence-electron chi connectivity index (χ3n) is 6.84. The van der Waals surface area contributed by atoms with Crippen molar-refractivity contribution in [3.63, 3.8) is 0 Å². The fraction of sp³-hybridized carbons (Fsp3) is 0.458. The van der Waals surface area contributed by atoms with Crippen molar-refractivity contribution in [1.82, 2.24) is 4.90 Å². The summed E-state index contributed by atoms with van der Waals surface area (Å²) in [6.45, 7) is 4.35. The number of anilines is 1. The van der Waals surface area contributed by atoms with Gasteiger partial charge in [-0.2, -0.15) is 0 Å². The summed E-state index contributed by atoms with van der Waals surface area (Å²) in [6.07, 6.45) is 5.95. The predicted molar refractivity (Wildman–Crippen MR) is 114 cm³/mol. The molecule has 1 amide bonds. The molecule has 2 atom stereocenters. The maximum absolute atomic E-state index is 13.6. The molecule has 2 heterocycles. The highest BCUT2D eigenvalue weighted by Crippen LogP contribution is 2.66. The van der Waals surface area contributed by atoms with Gasteiger partial charge in [-0.05, 0) is 74.6 Å². The maximum atomic E-state index is 13.6. The molecule has 2 aromatic rings. The van der Waals surface area contributed by atoms with Gasteiger partial charge in [-0.15, -0.1) is 0 Å². The SMILES string of the molecule is O=C1N(CCCN2CCCCC2)c2ccccc2[C@@]12CC2c1ccc(Cl)cc1. The number of halogens is 1. The van der Waals surface area contributed by atoms with Gasteiger partial charge in [0.2, 0.25) is 5.91 Å². The first kappa shape index (κ1) is 18.2. The zero-order chi connectivity index (χ0) is 19.1. The second kappa shape index (κ2) is 7.20. The lowest BCUT2D eigenvalue weighted by molar-refractivity contribution is -0.120. The lowest BCUT2D eigenvalue weighted by Gasteiger charge is -2.27. The van der Waals surface area contributed by atoms with Crippen LogP contribution in [0.15, 0.2) is 48.5 Å². The monoisotopic (exact) mass is 394 g/mol. The molecule has 1 saturated heterocycles. The van der Waals surface area contributed by atoms with Crippen LogP contribution >= 0.6 is 11.6 Å². The van der Waals surface area contributed by atoms with Crippen molar-refractivity contribution < 1.29 is 4.79 Å². The van der Waals surface area contributed by atoms with Crippen LogP contribution in [0, 0.1) is 0 Å². The number of amides is 1. The van der Waals surface area contributed by atoms with Crippen molar-refractivity contribution in [2.24, 2.45) is 0 Å². The normalized spacial score (nSPS) is 26.7. The molecule has 1 aliphatic carbocycles. The van der Waals surface area contributed by atoms with Crippen molar-refractivity contribution in [3.05, 3.63) is 64.7 Å². The second-order valence-corrected chi connectivity index (χ2v) is 8.95. The van der Waals surface area contributed by atoms with Crippen molar-refractivity contribution in [1.29, 1.82) is 0 Å². The van der Waals surface area contributed by atoms with Gasteiger partial charge in [0.05, 0.1) is 5.41 Å². The topological polar surface area (TPSA) is 23.6 Å². The number of likely N-dealkylation sites (tertiary alicyclic amines) is 1. The third-order valence-corrected chi connectivity index (χ3v) is 7.09. The summed E-state index contributed by atoms with van der Waals surface area (Å²) in [5, 5.41) is 0.746. The first-order chi connectivity index (χ1) is 13.7. The van der Waals surface area contributed by atoms with Crippen LogP contribution in [0.4, 0.5) is 5.69 Å². The van der Waals surface area contributed by atoms with Crippen molar-refractivity contribution in [2.75, 3.05) is 31.1 Å². The number of hydrogen-bond acceptors (Lipinski definition) is 2. The van der Waals surface area contributed by atoms with E-state index in [2.05, 4.69) is 46.2 Å². The Labute approximate surface area is 172 Å². The largest absolute Gasteiger partial charge is 0.311 e. The number of rotatable bonds is 5. The van der Waals surface area contributed by atoms with E-state index in [1.165, 1.54) is 43.5 Å². The number of piperidine rings is 1. The summed E-state index contributed by atoms with van der Waals surface area (Å²) in [5.74, 6) is 0.567. The zero-order valence-corrected chi connectivity index (χ0v) is 17.0. The molecule has 0 bridgehead atoms. The molecule has 0 aromatic heterocycles. The van der Waals surface area contributed by atoms with E-state index < -0.39 is 0 Å². The number of fused-ring (bicyclic) bond motifs is 2. The summed E-state index contributed by atoms with van der Waals surface area (Å²) in [6, 6.07) is 16.4. The highest BCUT2D eigenvalue weighted by molar-refractivity contribution is 6.30. The van der Waals surface area contributed by atoms with E-state index in [4.69, 9.17) is 11.6 Å². The molecule has 28 heavy (non-hydrogen) atoms. The minimum Gasteiger partial charge on any atom is -0.311 e. The molecular weight excluding hydrogens is 368 g/mol. The Morgan fingerprint density at radius 3 is 2.50 bits per heavy atom. The molecule has 3 nitrogen and oxygen atoms in total. The standard InChI is InChI=1S/C24H27ClN2O/c25-19-11-9-18(10-12-19)21-17-24(21)20-7-2-3-8-22(20)27(23(24)28)16-6-15-26-13-4-1-5-14-26/h2-3,7-12,21H,1,4-6,13-17H2/t21?,24-/m1/s1. The van der Waals surface area contributed by atoms with Crippen LogP contribution in [0.5, 0.6) is 0 Å². The average molecular weight is 395 g/mol. The highest BCUT2D eigenvalue weighted by Gasteiger charge is 2.66. The van der Waals surface area contributed by atoms with Gasteiger partial charge in [0.1, 0.15) is 0 Å². The Morgan fingerprint density at radius 2 is 1.71 bits per heavy atom. The second-order valence-electron chi connectivity index (χ2n) is 8.51. The van der Waals surface area contributed by atoms with E-state index in [0.717, 1.165) is 36.6 Å². The zero-order valence-electron chi connectivity index (χ0n) is 16.2. The summed E-state index contributed by atoms with van der Waals surface area (Å²) in [7, 11) is 0. The minimum absolute atomic E-state index is 0.269. The summed E-state index contributed by atoms with van der Waals surface area (Å²) < 4.78 is 0. The lowest BCUT2D eigenvalue weighted by Crippen LogP contribution is -2.36. The number of hydrogen-bond donors (Lipinski definition) is 0. The van der Waals surface area contributed by atoms with Crippen LogP contribution in [0.3, 0.4) is 0 Å². The van der Waals surface area contributed by atoms with Gasteiger partial charge >= 0.3 is 0 Å². The van der Waals surface area contributed by atoms with E-state index in [1.807, 2.05) is 12.1 Å². The number of para-hydroxylation sites is 1. The molecule has 5 rings (SSSR count). The van der Waals surface area contributed by atoms with Gasteiger partial charge in [-0.1, -0.05) is 48.4 Å². The molecule has 146 valence electrons. The van der Waals surface area contributed by atoms with Crippen LogP contribution in [0.25, 0.3) is 0 Å². The summed E-state index contributed by atoms with van der Waals surface area (Å²) in [4.78, 5) is 18.2. The van der Waals surface area contributed by atoms with Crippen molar-refractivity contribution >= 4 is 23.2 Å². The smallest absolute Gasteiger partial charge is 0.238 e. The summed E-state index contributed by atoms with van der Waals surface area (Å²) >= 11 is 6.06. The molecule has 0 N–H and O–H groups in total. The van der Waals surface area contributed by atoms with E-state index in [0.29, 0.717) is 5.91 Å². The Hall–Kier alpha value is -1.84. The first-order valence-corrected chi connectivity index (χ1v) is 11.0. The van der Waals surface area contributed by atoms with E-state index in [9.17, 15) is 4.79 Å². The number of carbonyl (C=O) groups is 1. The maximum Gasteiger partial charge on any atom is 0.238 e. The molecule has 1 unspecified atom stereocenters. The van der Waals surface area contributed by atoms with Gasteiger partial charge < -0.3 is 9.80 Å². The number of carbonyl (C=O) groups excluding carboxylic acids is 1. The predicted octanol–water partition coefficient (Wildman–Crippen LogP) is 4.99. The Bertz CT molecular complexity index is 874. The fourth-order valence-electron chi connectivity index (χ4n) is 5.30. The van der Waals surface area contributed by atoms with E-state index >= 15 is 0 Å². The number of nitrogens with zero attached hydrogens (tertiary/aromatic N) is 2. The van der Waals surface area contributed by atoms with Crippen molar-refractivity contribution in [2.45, 2.75) is 43.4 Å². The molecule has 4 heteroatoms. The van der Waals surface area contributed by atoms with Crippen LogP contribution in [0.1, 0.15) is 49.1 Å².